The van der Waals surface area contributed by atoms with Gasteiger partial charge in [-0.25, -0.2) is 8.42 Å². The van der Waals surface area contributed by atoms with Crippen LogP contribution in [0.2, 0.25) is 0 Å². The highest BCUT2D eigenvalue weighted by molar-refractivity contribution is 7.92. The van der Waals surface area contributed by atoms with Crippen LogP contribution in [0.5, 0.6) is 11.5 Å². The monoisotopic (exact) mass is 455 g/mol. The molecule has 0 fully saturated rings. The Balaban J connectivity index is 1.77. The third kappa shape index (κ3) is 5.61. The van der Waals surface area contributed by atoms with E-state index < -0.39 is 27.4 Å². The van der Waals surface area contributed by atoms with E-state index >= 15 is 0 Å². The molecule has 0 heterocycles. The number of sulfonamides is 1. The van der Waals surface area contributed by atoms with E-state index in [1.807, 2.05) is 18.2 Å². The minimum atomic E-state index is -3.79. The number of rotatable bonds is 8. The van der Waals surface area contributed by atoms with Crippen molar-refractivity contribution in [3.63, 3.8) is 0 Å². The maximum absolute atomic E-state index is 12.6. The molecule has 0 saturated carbocycles. The molecule has 1 N–H and O–H groups in total. The molecule has 0 unspecified atom stereocenters. The molecule has 3 aromatic rings. The Morgan fingerprint density at radius 1 is 1.00 bits per heavy atom. The lowest BCUT2D eigenvalue weighted by molar-refractivity contribution is -0.385. The van der Waals surface area contributed by atoms with Crippen LogP contribution < -0.4 is 14.4 Å². The van der Waals surface area contributed by atoms with E-state index in [-0.39, 0.29) is 22.6 Å². The first-order valence-electron chi connectivity index (χ1n) is 9.49. The molecule has 0 aliphatic carbocycles. The number of hydrogen-bond acceptors (Lipinski definition) is 6. The lowest BCUT2D eigenvalue weighted by atomic mass is 10.1. The molecule has 0 aromatic heterocycles. The Hall–Kier alpha value is -3.92. The van der Waals surface area contributed by atoms with E-state index in [2.05, 4.69) is 5.32 Å². The number of amides is 1. The molecule has 3 rings (SSSR count). The summed E-state index contributed by atoms with van der Waals surface area (Å²) in [6, 6.07) is 19.7. The van der Waals surface area contributed by atoms with Gasteiger partial charge in [0.25, 0.3) is 5.69 Å². The molecule has 0 aliphatic rings. The second kappa shape index (κ2) is 9.48. The number of nitro benzene ring substituents is 1. The number of carbonyl (C=O) groups is 1. The summed E-state index contributed by atoms with van der Waals surface area (Å²) in [6.07, 6.45) is 0.993. The molecule has 3 aromatic carbocycles. The first-order valence-corrected chi connectivity index (χ1v) is 11.3. The number of benzene rings is 3. The lowest BCUT2D eigenvalue weighted by Crippen LogP contribution is -2.37. The Kier molecular flexibility index (Phi) is 6.74. The summed E-state index contributed by atoms with van der Waals surface area (Å²) in [5.74, 6) is 0.501. The predicted octanol–water partition coefficient (Wildman–Crippen LogP) is 4.10. The van der Waals surface area contributed by atoms with Crippen molar-refractivity contribution >= 4 is 33.0 Å². The van der Waals surface area contributed by atoms with Crippen molar-refractivity contribution in [2.45, 2.75) is 6.92 Å². The van der Waals surface area contributed by atoms with Crippen LogP contribution in [0.25, 0.3) is 0 Å². The molecule has 166 valence electrons. The van der Waals surface area contributed by atoms with Crippen LogP contribution in [0.3, 0.4) is 0 Å². The number of nitrogens with zero attached hydrogens (tertiary/aromatic N) is 2. The summed E-state index contributed by atoms with van der Waals surface area (Å²) in [5.41, 5.74) is 0.652. The SMILES string of the molecule is Cc1c(NC(=O)CN(c2ccc(Oc3ccccc3)cc2)S(C)(=O)=O)cccc1[N+](=O)[O-]. The number of nitro groups is 1. The first-order chi connectivity index (χ1) is 15.1. The molecule has 0 atom stereocenters. The molecule has 0 saturated heterocycles. The summed E-state index contributed by atoms with van der Waals surface area (Å²) in [5, 5.41) is 13.6. The minimum absolute atomic E-state index is 0.142. The highest BCUT2D eigenvalue weighted by Crippen LogP contribution is 2.27. The smallest absolute Gasteiger partial charge is 0.274 e. The van der Waals surface area contributed by atoms with Crippen LogP contribution in [-0.4, -0.2) is 32.0 Å². The molecule has 0 bridgehead atoms. The Bertz CT molecular complexity index is 1230. The maximum atomic E-state index is 12.6. The zero-order chi connectivity index (χ0) is 23.3. The highest BCUT2D eigenvalue weighted by atomic mass is 32.2. The highest BCUT2D eigenvalue weighted by Gasteiger charge is 2.22. The van der Waals surface area contributed by atoms with E-state index in [0.29, 0.717) is 11.5 Å². The Morgan fingerprint density at radius 2 is 1.62 bits per heavy atom. The number of anilines is 2. The van der Waals surface area contributed by atoms with Crippen LogP contribution in [0.4, 0.5) is 17.1 Å². The molecule has 0 radical (unpaired) electrons. The van der Waals surface area contributed by atoms with Gasteiger partial charge >= 0.3 is 0 Å². The molecule has 0 spiro atoms. The largest absolute Gasteiger partial charge is 0.457 e. The van der Waals surface area contributed by atoms with Crippen LogP contribution in [0.15, 0.2) is 72.8 Å². The van der Waals surface area contributed by atoms with Crippen molar-refractivity contribution in [2.75, 3.05) is 22.4 Å². The Labute approximate surface area is 185 Å². The third-order valence-corrected chi connectivity index (χ3v) is 5.71. The van der Waals surface area contributed by atoms with Gasteiger partial charge in [-0.1, -0.05) is 24.3 Å². The van der Waals surface area contributed by atoms with Crippen molar-refractivity contribution in [3.8, 4) is 11.5 Å². The van der Waals surface area contributed by atoms with Gasteiger partial charge in [0.05, 0.1) is 28.1 Å². The summed E-state index contributed by atoms with van der Waals surface area (Å²) in [4.78, 5) is 23.1. The average molecular weight is 455 g/mol. The second-order valence-electron chi connectivity index (χ2n) is 6.93. The fraction of sp³-hybridized carbons (Fsp3) is 0.136. The zero-order valence-electron chi connectivity index (χ0n) is 17.4. The van der Waals surface area contributed by atoms with Crippen LogP contribution in [0, 0.1) is 17.0 Å². The van der Waals surface area contributed by atoms with Gasteiger partial charge in [0, 0.05) is 6.07 Å². The summed E-state index contributed by atoms with van der Waals surface area (Å²) in [6.45, 7) is 1.01. The standard InChI is InChI=1S/C22H21N3O6S/c1-16-20(9-6-10-21(16)25(27)28)23-22(26)15-24(32(2,29)30)17-11-13-19(14-12-17)31-18-7-4-3-5-8-18/h3-14H,15H2,1-2H3,(H,23,26). The number of ether oxygens (including phenoxy) is 1. The molecular formula is C22H21N3O6S. The average Bonchev–Trinajstić information content (AvgIpc) is 2.74. The van der Waals surface area contributed by atoms with Crippen LogP contribution >= 0.6 is 0 Å². The van der Waals surface area contributed by atoms with Gasteiger partial charge < -0.3 is 10.1 Å². The van der Waals surface area contributed by atoms with Gasteiger partial charge in [-0.3, -0.25) is 19.2 Å². The fourth-order valence-corrected chi connectivity index (χ4v) is 3.84. The summed E-state index contributed by atoms with van der Waals surface area (Å²) < 4.78 is 31.3. The molecule has 10 heteroatoms. The molecule has 0 aliphatic heterocycles. The summed E-state index contributed by atoms with van der Waals surface area (Å²) in [7, 11) is -3.79. The minimum Gasteiger partial charge on any atom is -0.457 e. The number of carbonyl (C=O) groups excluding carboxylic acids is 1. The van der Waals surface area contributed by atoms with Gasteiger partial charge in [0.1, 0.15) is 18.0 Å². The zero-order valence-corrected chi connectivity index (χ0v) is 18.2. The maximum Gasteiger partial charge on any atom is 0.274 e. The quantitative estimate of drug-likeness (QED) is 0.403. The van der Waals surface area contributed by atoms with Gasteiger partial charge in [-0.05, 0) is 49.4 Å². The van der Waals surface area contributed by atoms with Gasteiger partial charge in [-0.15, -0.1) is 0 Å². The van der Waals surface area contributed by atoms with Crippen LogP contribution in [0.1, 0.15) is 5.56 Å². The molecular weight excluding hydrogens is 434 g/mol. The van der Waals surface area contributed by atoms with E-state index in [1.54, 1.807) is 24.3 Å². The molecule has 32 heavy (non-hydrogen) atoms. The predicted molar refractivity (Wildman–Crippen MR) is 122 cm³/mol. The number of hydrogen-bond donors (Lipinski definition) is 1. The van der Waals surface area contributed by atoms with Gasteiger partial charge in [0.15, 0.2) is 0 Å². The van der Waals surface area contributed by atoms with E-state index in [4.69, 9.17) is 4.74 Å². The number of nitrogens with one attached hydrogen (secondary N) is 1. The fourth-order valence-electron chi connectivity index (χ4n) is 2.98. The van der Waals surface area contributed by atoms with Crippen molar-refractivity contribution in [1.82, 2.24) is 0 Å². The van der Waals surface area contributed by atoms with E-state index in [1.165, 1.54) is 37.3 Å². The van der Waals surface area contributed by atoms with Crippen molar-refractivity contribution in [3.05, 3.63) is 88.5 Å². The Morgan fingerprint density at radius 3 is 2.22 bits per heavy atom. The normalized spacial score (nSPS) is 10.9. The number of para-hydroxylation sites is 1. The van der Waals surface area contributed by atoms with E-state index in [0.717, 1.165) is 10.6 Å². The topological polar surface area (TPSA) is 119 Å². The summed E-state index contributed by atoms with van der Waals surface area (Å²) >= 11 is 0. The second-order valence-corrected chi connectivity index (χ2v) is 8.84. The molecule has 9 nitrogen and oxygen atoms in total. The van der Waals surface area contributed by atoms with Gasteiger partial charge in [0.2, 0.25) is 15.9 Å². The van der Waals surface area contributed by atoms with Crippen molar-refractivity contribution < 1.29 is 22.9 Å². The first kappa shape index (κ1) is 22.8. The molecule has 1 amide bonds. The third-order valence-electron chi connectivity index (χ3n) is 4.57. The van der Waals surface area contributed by atoms with Crippen molar-refractivity contribution in [1.29, 1.82) is 0 Å². The lowest BCUT2D eigenvalue weighted by Gasteiger charge is -2.22. The van der Waals surface area contributed by atoms with E-state index in [9.17, 15) is 23.3 Å². The van der Waals surface area contributed by atoms with Crippen LogP contribution in [-0.2, 0) is 14.8 Å². The van der Waals surface area contributed by atoms with Gasteiger partial charge in [-0.2, -0.15) is 0 Å². The van der Waals surface area contributed by atoms with Crippen molar-refractivity contribution in [2.24, 2.45) is 0 Å².